The Morgan fingerprint density at radius 1 is 1.18 bits per heavy atom. The van der Waals surface area contributed by atoms with E-state index in [1.165, 1.54) is 18.4 Å². The molecule has 1 aromatic rings. The zero-order valence-electron chi connectivity index (χ0n) is 11.2. The zero-order valence-corrected chi connectivity index (χ0v) is 11.2. The van der Waals surface area contributed by atoms with Crippen LogP contribution < -0.4 is 10.1 Å². The Bertz CT molecular complexity index is 299. The lowest BCUT2D eigenvalue weighted by Crippen LogP contribution is -2.13. The quantitative estimate of drug-likeness (QED) is 0.662. The second-order valence-electron chi connectivity index (χ2n) is 4.31. The van der Waals surface area contributed by atoms with E-state index >= 15 is 0 Å². The molecular formula is C15H25NO. The highest BCUT2D eigenvalue weighted by Gasteiger charge is 1.97. The van der Waals surface area contributed by atoms with Gasteiger partial charge >= 0.3 is 0 Å². The summed E-state index contributed by atoms with van der Waals surface area (Å²) < 4.78 is 5.63. The smallest absolute Gasteiger partial charge is 0.119 e. The molecule has 0 saturated heterocycles. The summed E-state index contributed by atoms with van der Waals surface area (Å²) in [5.41, 5.74) is 1.38. The summed E-state index contributed by atoms with van der Waals surface area (Å²) in [5, 5.41) is 3.35. The monoisotopic (exact) mass is 235 g/mol. The molecule has 0 aromatic heterocycles. The first kappa shape index (κ1) is 14.0. The Morgan fingerprint density at radius 3 is 2.82 bits per heavy atom. The first-order valence-electron chi connectivity index (χ1n) is 6.79. The minimum absolute atomic E-state index is 0.809. The molecule has 17 heavy (non-hydrogen) atoms. The first-order chi connectivity index (χ1) is 8.36. The van der Waals surface area contributed by atoms with Gasteiger partial charge in [-0.25, -0.2) is 0 Å². The van der Waals surface area contributed by atoms with Crippen molar-refractivity contribution in [1.82, 2.24) is 5.32 Å². The summed E-state index contributed by atoms with van der Waals surface area (Å²) in [6, 6.07) is 8.48. The van der Waals surface area contributed by atoms with E-state index in [2.05, 4.69) is 37.4 Å². The molecule has 0 unspecified atom stereocenters. The molecule has 1 aromatic carbocycles. The number of hydrogen-bond acceptors (Lipinski definition) is 2. The van der Waals surface area contributed by atoms with Crippen molar-refractivity contribution >= 4 is 0 Å². The van der Waals surface area contributed by atoms with Crippen molar-refractivity contribution in [2.75, 3.05) is 19.7 Å². The molecule has 0 aliphatic rings. The third-order valence-corrected chi connectivity index (χ3v) is 2.69. The molecule has 0 radical (unpaired) electrons. The standard InChI is InChI=1S/C15H25NO/c1-3-12-17-15-10-7-9-14(13-15)8-5-6-11-16-4-2/h7,9-10,13,16H,3-6,8,11-12H2,1-2H3. The van der Waals surface area contributed by atoms with Gasteiger partial charge in [-0.05, 0) is 56.5 Å². The van der Waals surface area contributed by atoms with Crippen molar-refractivity contribution in [1.29, 1.82) is 0 Å². The van der Waals surface area contributed by atoms with Crippen molar-refractivity contribution < 1.29 is 4.74 Å². The van der Waals surface area contributed by atoms with E-state index in [0.717, 1.165) is 38.3 Å². The maximum absolute atomic E-state index is 5.63. The number of unbranched alkanes of at least 4 members (excludes halogenated alkanes) is 1. The van der Waals surface area contributed by atoms with E-state index < -0.39 is 0 Å². The summed E-state index contributed by atoms with van der Waals surface area (Å²) >= 11 is 0. The number of hydrogen-bond donors (Lipinski definition) is 1. The predicted octanol–water partition coefficient (Wildman–Crippen LogP) is 3.41. The largest absolute Gasteiger partial charge is 0.494 e. The van der Waals surface area contributed by atoms with Crippen molar-refractivity contribution in [3.05, 3.63) is 29.8 Å². The lowest BCUT2D eigenvalue weighted by atomic mass is 10.1. The van der Waals surface area contributed by atoms with Gasteiger partial charge in [-0.2, -0.15) is 0 Å². The molecule has 0 aliphatic heterocycles. The van der Waals surface area contributed by atoms with Crippen molar-refractivity contribution in [2.24, 2.45) is 0 Å². The van der Waals surface area contributed by atoms with Crippen LogP contribution in [0.3, 0.4) is 0 Å². The molecule has 0 spiro atoms. The average Bonchev–Trinajstić information content (AvgIpc) is 2.37. The fourth-order valence-corrected chi connectivity index (χ4v) is 1.77. The minimum atomic E-state index is 0.809. The number of nitrogens with one attached hydrogen (secondary N) is 1. The van der Waals surface area contributed by atoms with Gasteiger partial charge in [-0.3, -0.25) is 0 Å². The summed E-state index contributed by atoms with van der Waals surface area (Å²) in [4.78, 5) is 0. The zero-order chi connectivity index (χ0) is 12.3. The van der Waals surface area contributed by atoms with Gasteiger partial charge in [0.15, 0.2) is 0 Å². The number of benzene rings is 1. The highest BCUT2D eigenvalue weighted by molar-refractivity contribution is 5.28. The first-order valence-corrected chi connectivity index (χ1v) is 6.79. The highest BCUT2D eigenvalue weighted by atomic mass is 16.5. The van der Waals surface area contributed by atoms with E-state index in [-0.39, 0.29) is 0 Å². The molecule has 1 rings (SSSR count). The average molecular weight is 235 g/mol. The number of ether oxygens (including phenoxy) is 1. The van der Waals surface area contributed by atoms with Gasteiger partial charge in [-0.15, -0.1) is 0 Å². The fourth-order valence-electron chi connectivity index (χ4n) is 1.77. The molecule has 96 valence electrons. The van der Waals surface area contributed by atoms with Crippen LogP contribution in [0.4, 0.5) is 0 Å². The fraction of sp³-hybridized carbons (Fsp3) is 0.600. The second kappa shape index (κ2) is 9.06. The van der Waals surface area contributed by atoms with Crippen LogP contribution in [-0.4, -0.2) is 19.7 Å². The highest BCUT2D eigenvalue weighted by Crippen LogP contribution is 2.15. The van der Waals surface area contributed by atoms with Gasteiger partial charge in [0.1, 0.15) is 5.75 Å². The van der Waals surface area contributed by atoms with Crippen LogP contribution in [0.25, 0.3) is 0 Å². The predicted molar refractivity (Wildman–Crippen MR) is 73.7 cm³/mol. The van der Waals surface area contributed by atoms with E-state index in [9.17, 15) is 0 Å². The van der Waals surface area contributed by atoms with Crippen molar-refractivity contribution in [3.8, 4) is 5.75 Å². The summed E-state index contributed by atoms with van der Waals surface area (Å²) in [6.45, 7) is 7.28. The molecule has 0 heterocycles. The third-order valence-electron chi connectivity index (χ3n) is 2.69. The minimum Gasteiger partial charge on any atom is -0.494 e. The van der Waals surface area contributed by atoms with Crippen LogP contribution in [0, 0.1) is 0 Å². The van der Waals surface area contributed by atoms with Gasteiger partial charge in [0, 0.05) is 0 Å². The Labute approximate surface area is 105 Å². The molecule has 0 atom stereocenters. The molecule has 0 fully saturated rings. The van der Waals surface area contributed by atoms with Gasteiger partial charge in [0.2, 0.25) is 0 Å². The van der Waals surface area contributed by atoms with E-state index in [1.54, 1.807) is 0 Å². The van der Waals surface area contributed by atoms with Crippen molar-refractivity contribution in [3.63, 3.8) is 0 Å². The Hall–Kier alpha value is -1.02. The van der Waals surface area contributed by atoms with Crippen LogP contribution in [0.5, 0.6) is 5.75 Å². The maximum Gasteiger partial charge on any atom is 0.119 e. The Balaban J connectivity index is 2.27. The van der Waals surface area contributed by atoms with E-state index in [1.807, 2.05) is 6.07 Å². The van der Waals surface area contributed by atoms with E-state index in [0.29, 0.717) is 0 Å². The number of rotatable bonds is 9. The van der Waals surface area contributed by atoms with E-state index in [4.69, 9.17) is 4.74 Å². The summed E-state index contributed by atoms with van der Waals surface area (Å²) in [5.74, 6) is 1.01. The Kier molecular flexibility index (Phi) is 7.48. The normalized spacial score (nSPS) is 10.5. The Morgan fingerprint density at radius 2 is 2.06 bits per heavy atom. The SMILES string of the molecule is CCCOc1cccc(CCCCNCC)c1. The molecule has 2 nitrogen and oxygen atoms in total. The maximum atomic E-state index is 5.63. The van der Waals surface area contributed by atoms with Crippen LogP contribution in [0.15, 0.2) is 24.3 Å². The topological polar surface area (TPSA) is 21.3 Å². The molecular weight excluding hydrogens is 210 g/mol. The van der Waals surface area contributed by atoms with Gasteiger partial charge in [0.05, 0.1) is 6.61 Å². The molecule has 0 aliphatic carbocycles. The molecule has 0 amide bonds. The van der Waals surface area contributed by atoms with Crippen LogP contribution in [0.2, 0.25) is 0 Å². The third kappa shape index (κ3) is 6.32. The van der Waals surface area contributed by atoms with Gasteiger partial charge in [-0.1, -0.05) is 26.0 Å². The summed E-state index contributed by atoms with van der Waals surface area (Å²) in [7, 11) is 0. The van der Waals surface area contributed by atoms with Crippen molar-refractivity contribution in [2.45, 2.75) is 39.5 Å². The van der Waals surface area contributed by atoms with Gasteiger partial charge < -0.3 is 10.1 Å². The van der Waals surface area contributed by atoms with Gasteiger partial charge in [0.25, 0.3) is 0 Å². The second-order valence-corrected chi connectivity index (χ2v) is 4.31. The van der Waals surface area contributed by atoms with Crippen LogP contribution >= 0.6 is 0 Å². The van der Waals surface area contributed by atoms with Crippen LogP contribution in [0.1, 0.15) is 38.7 Å². The molecule has 0 saturated carbocycles. The molecule has 2 heteroatoms. The summed E-state index contributed by atoms with van der Waals surface area (Å²) in [6.07, 6.45) is 4.69. The molecule has 0 bridgehead atoms. The number of aryl methyl sites for hydroxylation is 1. The van der Waals surface area contributed by atoms with Crippen LogP contribution in [-0.2, 0) is 6.42 Å². The lowest BCUT2D eigenvalue weighted by Gasteiger charge is -2.07. The lowest BCUT2D eigenvalue weighted by molar-refractivity contribution is 0.317. The molecule has 1 N–H and O–H groups in total.